The maximum absolute atomic E-state index is 11.2. The van der Waals surface area contributed by atoms with E-state index < -0.39 is 0 Å². The molecule has 13 heavy (non-hydrogen) atoms. The number of carbonyl (C=O) groups is 1. The zero-order chi connectivity index (χ0) is 9.26. The summed E-state index contributed by atoms with van der Waals surface area (Å²) < 4.78 is 0. The molecule has 1 aliphatic rings. The van der Waals surface area contributed by atoms with Gasteiger partial charge in [-0.1, -0.05) is 6.42 Å². The second-order valence-electron chi connectivity index (χ2n) is 3.26. The fourth-order valence-corrected chi connectivity index (χ4v) is 2.46. The number of ketones is 1. The normalized spacial score (nSPS) is 17.0. The number of hydrogen-bond acceptors (Lipinski definition) is 3. The summed E-state index contributed by atoms with van der Waals surface area (Å²) in [5.41, 5.74) is 0.543. The van der Waals surface area contributed by atoms with E-state index in [1.807, 2.05) is 5.38 Å². The molecule has 2 nitrogen and oxygen atoms in total. The zero-order valence-electron chi connectivity index (χ0n) is 7.12. The third-order valence-electron chi connectivity index (χ3n) is 2.38. The molecule has 1 aromatic rings. The van der Waals surface area contributed by atoms with Gasteiger partial charge in [0.15, 0.2) is 5.78 Å². The maximum atomic E-state index is 11.2. The average molecular weight is 216 g/mol. The molecule has 0 aromatic carbocycles. The quantitative estimate of drug-likeness (QED) is 0.573. The molecule has 0 aliphatic heterocycles. The van der Waals surface area contributed by atoms with Gasteiger partial charge in [0.1, 0.15) is 5.69 Å². The van der Waals surface area contributed by atoms with Gasteiger partial charge in [-0.15, -0.1) is 22.9 Å². The molecule has 0 amide bonds. The molecule has 1 aromatic heterocycles. The minimum Gasteiger partial charge on any atom is -0.291 e. The molecule has 4 heteroatoms. The summed E-state index contributed by atoms with van der Waals surface area (Å²) in [5.74, 6) is 0.582. The Morgan fingerprint density at radius 3 is 3.00 bits per heavy atom. The second kappa shape index (κ2) is 3.76. The first-order valence-corrected chi connectivity index (χ1v) is 5.77. The van der Waals surface area contributed by atoms with Crippen molar-refractivity contribution >= 4 is 28.7 Å². The van der Waals surface area contributed by atoms with E-state index in [-0.39, 0.29) is 11.7 Å². The fourth-order valence-electron chi connectivity index (χ4n) is 1.33. The van der Waals surface area contributed by atoms with E-state index in [0.29, 0.717) is 11.6 Å². The molecule has 70 valence electrons. The van der Waals surface area contributed by atoms with Crippen molar-refractivity contribution in [3.8, 4) is 0 Å². The van der Waals surface area contributed by atoms with Crippen molar-refractivity contribution < 1.29 is 4.79 Å². The van der Waals surface area contributed by atoms with Crippen molar-refractivity contribution in [2.75, 3.05) is 5.88 Å². The third-order valence-corrected chi connectivity index (χ3v) is 3.63. The van der Waals surface area contributed by atoms with Crippen LogP contribution in [0.25, 0.3) is 0 Å². The first-order valence-electron chi connectivity index (χ1n) is 4.36. The van der Waals surface area contributed by atoms with E-state index in [0.717, 1.165) is 5.01 Å². The number of aromatic nitrogens is 1. The largest absolute Gasteiger partial charge is 0.291 e. The molecule has 1 saturated carbocycles. The van der Waals surface area contributed by atoms with Crippen LogP contribution in [-0.2, 0) is 0 Å². The lowest BCUT2D eigenvalue weighted by Crippen LogP contribution is -2.09. The van der Waals surface area contributed by atoms with Gasteiger partial charge in [0.05, 0.1) is 10.9 Å². The number of halogens is 1. The van der Waals surface area contributed by atoms with Crippen molar-refractivity contribution in [3.63, 3.8) is 0 Å². The summed E-state index contributed by atoms with van der Waals surface area (Å²) in [6.07, 6.45) is 3.74. The van der Waals surface area contributed by atoms with E-state index in [9.17, 15) is 4.79 Å². The summed E-state index contributed by atoms with van der Waals surface area (Å²) >= 11 is 7.02. The summed E-state index contributed by atoms with van der Waals surface area (Å²) in [7, 11) is 0. The van der Waals surface area contributed by atoms with Crippen LogP contribution in [-0.4, -0.2) is 16.6 Å². The first-order chi connectivity index (χ1) is 6.31. The van der Waals surface area contributed by atoms with E-state index in [1.54, 1.807) is 11.3 Å². The number of hydrogen-bond donors (Lipinski definition) is 0. The first kappa shape index (κ1) is 9.16. The highest BCUT2D eigenvalue weighted by atomic mass is 35.5. The molecule has 0 saturated heterocycles. The van der Waals surface area contributed by atoms with Crippen LogP contribution in [0.15, 0.2) is 5.38 Å². The van der Waals surface area contributed by atoms with E-state index in [4.69, 9.17) is 11.6 Å². The highest BCUT2D eigenvalue weighted by molar-refractivity contribution is 7.10. The molecular weight excluding hydrogens is 206 g/mol. The highest BCUT2D eigenvalue weighted by Crippen LogP contribution is 2.37. The molecule has 1 fully saturated rings. The van der Waals surface area contributed by atoms with Gasteiger partial charge in [-0.05, 0) is 12.8 Å². The number of alkyl halides is 1. The number of thiazole rings is 1. The summed E-state index contributed by atoms with van der Waals surface area (Å²) in [6.45, 7) is 0. The van der Waals surface area contributed by atoms with Crippen LogP contribution in [0, 0.1) is 0 Å². The Hall–Kier alpha value is -0.410. The number of carbonyl (C=O) groups excluding carboxylic acids is 1. The van der Waals surface area contributed by atoms with Crippen LogP contribution in [0.1, 0.15) is 40.7 Å². The van der Waals surface area contributed by atoms with Gasteiger partial charge in [0, 0.05) is 11.3 Å². The SMILES string of the molecule is O=C(CCl)c1csc(C2CCC2)n1. The van der Waals surface area contributed by atoms with Crippen molar-refractivity contribution in [1.29, 1.82) is 0 Å². The Morgan fingerprint density at radius 1 is 1.69 bits per heavy atom. The lowest BCUT2D eigenvalue weighted by molar-refractivity contribution is 0.101. The monoisotopic (exact) mass is 215 g/mol. The summed E-state index contributed by atoms with van der Waals surface area (Å²) in [4.78, 5) is 15.5. The molecule has 1 heterocycles. The maximum Gasteiger partial charge on any atom is 0.196 e. The summed E-state index contributed by atoms with van der Waals surface area (Å²) in [6, 6.07) is 0. The number of Topliss-reactive ketones (excluding diaryl/α,β-unsaturated/α-hetero) is 1. The Kier molecular flexibility index (Phi) is 2.65. The minimum atomic E-state index is -0.0662. The van der Waals surface area contributed by atoms with E-state index >= 15 is 0 Å². The zero-order valence-corrected chi connectivity index (χ0v) is 8.70. The lowest BCUT2D eigenvalue weighted by atomic mass is 9.86. The fraction of sp³-hybridized carbons (Fsp3) is 0.556. The van der Waals surface area contributed by atoms with E-state index in [2.05, 4.69) is 4.98 Å². The second-order valence-corrected chi connectivity index (χ2v) is 4.41. The van der Waals surface area contributed by atoms with Crippen molar-refractivity contribution in [3.05, 3.63) is 16.1 Å². The minimum absolute atomic E-state index is 0.0356. The average Bonchev–Trinajstić information content (AvgIpc) is 2.49. The van der Waals surface area contributed by atoms with Gasteiger partial charge in [-0.3, -0.25) is 4.79 Å². The van der Waals surface area contributed by atoms with Crippen LogP contribution >= 0.6 is 22.9 Å². The molecule has 0 bridgehead atoms. The number of nitrogens with zero attached hydrogens (tertiary/aromatic N) is 1. The van der Waals surface area contributed by atoms with Crippen LogP contribution in [0.3, 0.4) is 0 Å². The smallest absolute Gasteiger partial charge is 0.196 e. The van der Waals surface area contributed by atoms with Crippen molar-refractivity contribution in [1.82, 2.24) is 4.98 Å². The van der Waals surface area contributed by atoms with E-state index in [1.165, 1.54) is 19.3 Å². The van der Waals surface area contributed by atoms with Crippen LogP contribution in [0.2, 0.25) is 0 Å². The van der Waals surface area contributed by atoms with Crippen molar-refractivity contribution in [2.45, 2.75) is 25.2 Å². The Labute approximate surface area is 85.9 Å². The molecule has 0 atom stereocenters. The van der Waals surface area contributed by atoms with Gasteiger partial charge >= 0.3 is 0 Å². The predicted octanol–water partition coefficient (Wildman–Crippen LogP) is 2.83. The molecule has 0 N–H and O–H groups in total. The Bertz CT molecular complexity index is 319. The van der Waals surface area contributed by atoms with Crippen LogP contribution in [0.5, 0.6) is 0 Å². The number of rotatable bonds is 3. The Morgan fingerprint density at radius 2 is 2.46 bits per heavy atom. The predicted molar refractivity (Wildman–Crippen MR) is 53.8 cm³/mol. The van der Waals surface area contributed by atoms with Crippen LogP contribution in [0.4, 0.5) is 0 Å². The van der Waals surface area contributed by atoms with Gasteiger partial charge in [0.25, 0.3) is 0 Å². The lowest BCUT2D eigenvalue weighted by Gasteiger charge is -2.22. The molecule has 2 rings (SSSR count). The highest BCUT2D eigenvalue weighted by Gasteiger charge is 2.23. The molecular formula is C9H10ClNOS. The van der Waals surface area contributed by atoms with Gasteiger partial charge < -0.3 is 0 Å². The standard InChI is InChI=1S/C9H10ClNOS/c10-4-8(12)7-5-13-9(11-7)6-2-1-3-6/h5-6H,1-4H2. The topological polar surface area (TPSA) is 30.0 Å². The Balaban J connectivity index is 2.12. The van der Waals surface area contributed by atoms with Gasteiger partial charge in [0.2, 0.25) is 0 Å². The molecule has 0 spiro atoms. The van der Waals surface area contributed by atoms with Gasteiger partial charge in [-0.2, -0.15) is 0 Å². The molecule has 0 radical (unpaired) electrons. The van der Waals surface area contributed by atoms with Crippen LogP contribution < -0.4 is 0 Å². The third kappa shape index (κ3) is 1.76. The summed E-state index contributed by atoms with van der Waals surface area (Å²) in [5, 5.41) is 2.93. The van der Waals surface area contributed by atoms with Gasteiger partial charge in [-0.25, -0.2) is 4.98 Å². The molecule has 1 aliphatic carbocycles. The van der Waals surface area contributed by atoms with Crippen molar-refractivity contribution in [2.24, 2.45) is 0 Å². The molecule has 0 unspecified atom stereocenters.